The molecule has 6 heteroatoms. The molecule has 0 bridgehead atoms. The van der Waals surface area contributed by atoms with Crippen LogP contribution in [0.5, 0.6) is 0 Å². The molecule has 1 N–H and O–H groups in total. The molecule has 0 saturated carbocycles. The summed E-state index contributed by atoms with van der Waals surface area (Å²) in [5.41, 5.74) is 1.35. The Kier molecular flexibility index (Phi) is 2.83. The number of halogens is 2. The summed E-state index contributed by atoms with van der Waals surface area (Å²) in [6.07, 6.45) is 1.56. The minimum absolute atomic E-state index is 0.143. The van der Waals surface area contributed by atoms with Gasteiger partial charge in [-0.2, -0.15) is 0 Å². The third-order valence-electron chi connectivity index (χ3n) is 2.76. The van der Waals surface area contributed by atoms with E-state index in [-0.39, 0.29) is 5.58 Å². The molecular weight excluding hydrogens is 269 g/mol. The van der Waals surface area contributed by atoms with Crippen molar-refractivity contribution >= 4 is 34.1 Å². The molecule has 19 heavy (non-hydrogen) atoms. The summed E-state index contributed by atoms with van der Waals surface area (Å²) >= 11 is 5.70. The topological polar surface area (TPSA) is 51.0 Å². The van der Waals surface area contributed by atoms with Crippen LogP contribution in [-0.2, 0) is 0 Å². The molecule has 0 saturated heterocycles. The summed E-state index contributed by atoms with van der Waals surface area (Å²) in [6, 6.07) is 6.84. The maximum absolute atomic E-state index is 13.8. The molecule has 0 atom stereocenters. The van der Waals surface area contributed by atoms with Gasteiger partial charge in [0.05, 0.1) is 17.3 Å². The molecule has 0 aliphatic rings. The third kappa shape index (κ3) is 2.13. The molecule has 0 aliphatic heterocycles. The molecule has 0 aliphatic carbocycles. The zero-order valence-electron chi connectivity index (χ0n) is 9.95. The largest absolute Gasteiger partial charge is 0.351 e. The van der Waals surface area contributed by atoms with E-state index in [1.807, 2.05) is 0 Å². The Bertz CT molecular complexity index is 739. The van der Waals surface area contributed by atoms with Crippen molar-refractivity contribution in [1.29, 1.82) is 0 Å². The normalized spacial score (nSPS) is 10.9. The van der Waals surface area contributed by atoms with Crippen molar-refractivity contribution < 1.29 is 8.91 Å². The summed E-state index contributed by atoms with van der Waals surface area (Å²) in [7, 11) is 0. The fourth-order valence-corrected chi connectivity index (χ4v) is 1.86. The number of hydrogen-bond donors (Lipinski definition) is 1. The van der Waals surface area contributed by atoms with Gasteiger partial charge < -0.3 is 9.84 Å². The standard InChI is InChI=1S/C13H9ClFN3O/c1-7-2-4-9-12(11(7)15)19-18-13(9)17-8-3-5-10(14)16-6-8/h2-6H,1H3,(H,17,18). The van der Waals surface area contributed by atoms with E-state index in [4.69, 9.17) is 16.1 Å². The Morgan fingerprint density at radius 2 is 2.11 bits per heavy atom. The van der Waals surface area contributed by atoms with Crippen LogP contribution >= 0.6 is 11.6 Å². The average molecular weight is 278 g/mol. The fraction of sp³-hybridized carbons (Fsp3) is 0.0769. The molecule has 2 aromatic heterocycles. The van der Waals surface area contributed by atoms with Crippen LogP contribution in [0.15, 0.2) is 35.0 Å². The summed E-state index contributed by atoms with van der Waals surface area (Å²) in [4.78, 5) is 3.94. The second-order valence-corrected chi connectivity index (χ2v) is 4.49. The van der Waals surface area contributed by atoms with Gasteiger partial charge in [-0.15, -0.1) is 0 Å². The first-order valence-corrected chi connectivity index (χ1v) is 5.96. The van der Waals surface area contributed by atoms with Crippen LogP contribution in [0.3, 0.4) is 0 Å². The first-order valence-electron chi connectivity index (χ1n) is 5.58. The molecule has 3 aromatic rings. The molecule has 0 fully saturated rings. The Hall–Kier alpha value is -2.14. The number of hydrogen-bond acceptors (Lipinski definition) is 4. The number of aromatic nitrogens is 2. The smallest absolute Gasteiger partial charge is 0.204 e. The van der Waals surface area contributed by atoms with Gasteiger partial charge in [0.2, 0.25) is 5.58 Å². The average Bonchev–Trinajstić information content (AvgIpc) is 2.80. The van der Waals surface area contributed by atoms with Gasteiger partial charge in [-0.3, -0.25) is 0 Å². The first kappa shape index (κ1) is 11.9. The molecule has 4 nitrogen and oxygen atoms in total. The molecule has 0 unspecified atom stereocenters. The molecule has 96 valence electrons. The second kappa shape index (κ2) is 4.51. The maximum atomic E-state index is 13.8. The molecule has 0 radical (unpaired) electrons. The van der Waals surface area contributed by atoms with E-state index in [2.05, 4.69) is 15.5 Å². The number of benzene rings is 1. The molecular formula is C13H9ClFN3O. The van der Waals surface area contributed by atoms with Crippen LogP contribution in [0, 0.1) is 12.7 Å². The Labute approximate surface area is 113 Å². The molecule has 0 amide bonds. The minimum atomic E-state index is -0.396. The molecule has 1 aromatic carbocycles. The summed E-state index contributed by atoms with van der Waals surface area (Å²) < 4.78 is 18.8. The lowest BCUT2D eigenvalue weighted by Crippen LogP contribution is -1.91. The van der Waals surface area contributed by atoms with Gasteiger partial charge in [-0.25, -0.2) is 9.37 Å². The van der Waals surface area contributed by atoms with Gasteiger partial charge in [0, 0.05) is 0 Å². The number of nitrogens with one attached hydrogen (secondary N) is 1. The van der Waals surface area contributed by atoms with Crippen molar-refractivity contribution in [3.05, 3.63) is 47.0 Å². The lowest BCUT2D eigenvalue weighted by Gasteiger charge is -2.02. The molecule has 2 heterocycles. The van der Waals surface area contributed by atoms with Gasteiger partial charge in [0.1, 0.15) is 5.15 Å². The summed E-state index contributed by atoms with van der Waals surface area (Å²) in [5.74, 6) is 0.0466. The minimum Gasteiger partial charge on any atom is -0.351 e. The Morgan fingerprint density at radius 3 is 2.84 bits per heavy atom. The van der Waals surface area contributed by atoms with Gasteiger partial charge in [0.15, 0.2) is 11.6 Å². The van der Waals surface area contributed by atoms with Gasteiger partial charge >= 0.3 is 0 Å². The van der Waals surface area contributed by atoms with Crippen LogP contribution < -0.4 is 5.32 Å². The highest BCUT2D eigenvalue weighted by atomic mass is 35.5. The Balaban J connectivity index is 2.02. The lowest BCUT2D eigenvalue weighted by molar-refractivity contribution is 0.442. The van der Waals surface area contributed by atoms with Gasteiger partial charge in [0.25, 0.3) is 0 Å². The Morgan fingerprint density at radius 1 is 1.26 bits per heavy atom. The van der Waals surface area contributed by atoms with Gasteiger partial charge in [-0.05, 0) is 30.7 Å². The van der Waals surface area contributed by atoms with Crippen molar-refractivity contribution in [2.45, 2.75) is 6.92 Å². The molecule has 0 spiro atoms. The predicted molar refractivity (Wildman–Crippen MR) is 71.2 cm³/mol. The fourth-order valence-electron chi connectivity index (χ4n) is 1.75. The van der Waals surface area contributed by atoms with Crippen LogP contribution in [0.25, 0.3) is 11.0 Å². The first-order chi connectivity index (χ1) is 9.15. The number of anilines is 2. The number of nitrogens with zero attached hydrogens (tertiary/aromatic N) is 2. The second-order valence-electron chi connectivity index (χ2n) is 4.10. The van der Waals surface area contributed by atoms with E-state index in [1.54, 1.807) is 37.4 Å². The third-order valence-corrected chi connectivity index (χ3v) is 2.99. The summed E-state index contributed by atoms with van der Waals surface area (Å²) in [6.45, 7) is 1.67. The zero-order chi connectivity index (χ0) is 13.4. The van der Waals surface area contributed by atoms with E-state index in [0.29, 0.717) is 27.6 Å². The number of pyridine rings is 1. The zero-order valence-corrected chi connectivity index (χ0v) is 10.7. The van der Waals surface area contributed by atoms with E-state index in [9.17, 15) is 4.39 Å². The monoisotopic (exact) mass is 277 g/mol. The van der Waals surface area contributed by atoms with E-state index in [1.165, 1.54) is 0 Å². The van der Waals surface area contributed by atoms with Crippen molar-refractivity contribution in [2.24, 2.45) is 0 Å². The van der Waals surface area contributed by atoms with Gasteiger partial charge in [-0.1, -0.05) is 22.8 Å². The summed E-state index contributed by atoms with van der Waals surface area (Å²) in [5, 5.41) is 7.82. The van der Waals surface area contributed by atoms with Crippen molar-refractivity contribution in [2.75, 3.05) is 5.32 Å². The lowest BCUT2D eigenvalue weighted by atomic mass is 10.2. The molecule has 3 rings (SSSR count). The van der Waals surface area contributed by atoms with Crippen LogP contribution in [0.2, 0.25) is 5.15 Å². The van der Waals surface area contributed by atoms with Crippen molar-refractivity contribution in [3.8, 4) is 0 Å². The number of fused-ring (bicyclic) bond motifs is 1. The number of rotatable bonds is 2. The van der Waals surface area contributed by atoms with Crippen LogP contribution in [0.1, 0.15) is 5.56 Å². The van der Waals surface area contributed by atoms with E-state index < -0.39 is 5.82 Å². The predicted octanol–water partition coefficient (Wildman–Crippen LogP) is 4.07. The quantitative estimate of drug-likeness (QED) is 0.718. The maximum Gasteiger partial charge on any atom is 0.204 e. The van der Waals surface area contributed by atoms with Crippen molar-refractivity contribution in [3.63, 3.8) is 0 Å². The van der Waals surface area contributed by atoms with Crippen LogP contribution in [-0.4, -0.2) is 10.1 Å². The highest BCUT2D eigenvalue weighted by molar-refractivity contribution is 6.29. The highest BCUT2D eigenvalue weighted by Crippen LogP contribution is 2.28. The van der Waals surface area contributed by atoms with Crippen LogP contribution in [0.4, 0.5) is 15.9 Å². The SMILES string of the molecule is Cc1ccc2c(Nc3ccc(Cl)nc3)noc2c1F. The van der Waals surface area contributed by atoms with E-state index >= 15 is 0 Å². The number of aryl methyl sites for hydroxylation is 1. The van der Waals surface area contributed by atoms with E-state index in [0.717, 1.165) is 0 Å². The van der Waals surface area contributed by atoms with Crippen molar-refractivity contribution in [1.82, 2.24) is 10.1 Å². The highest BCUT2D eigenvalue weighted by Gasteiger charge is 2.14.